The molecule has 2 rings (SSSR count). The highest BCUT2D eigenvalue weighted by Gasteiger charge is 2.02. The Balaban J connectivity index is 2.54. The number of aryl methyl sites for hydroxylation is 1. The van der Waals surface area contributed by atoms with Gasteiger partial charge < -0.3 is 11.5 Å². The highest BCUT2D eigenvalue weighted by molar-refractivity contribution is 5.78. The van der Waals surface area contributed by atoms with Crippen LogP contribution in [-0.4, -0.2) is 0 Å². The molecule has 15 heavy (non-hydrogen) atoms. The Kier molecular flexibility index (Phi) is 2.34. The molecule has 2 aromatic carbocycles. The van der Waals surface area contributed by atoms with Gasteiger partial charge in [0.15, 0.2) is 0 Å². The lowest BCUT2D eigenvalue weighted by Gasteiger charge is -2.07. The summed E-state index contributed by atoms with van der Waals surface area (Å²) in [5.74, 6) is 0. The van der Waals surface area contributed by atoms with Crippen molar-refractivity contribution in [1.29, 1.82) is 0 Å². The number of benzene rings is 2. The first-order chi connectivity index (χ1) is 7.16. The van der Waals surface area contributed by atoms with Crippen molar-refractivity contribution in [1.82, 2.24) is 0 Å². The number of hydrogen-bond donors (Lipinski definition) is 2. The Hall–Kier alpha value is -1.96. The van der Waals surface area contributed by atoms with E-state index in [0.29, 0.717) is 5.69 Å². The molecule has 0 aliphatic heterocycles. The van der Waals surface area contributed by atoms with Gasteiger partial charge in [0, 0.05) is 16.9 Å². The molecule has 0 amide bonds. The van der Waals surface area contributed by atoms with Gasteiger partial charge >= 0.3 is 0 Å². The van der Waals surface area contributed by atoms with Gasteiger partial charge in [-0.05, 0) is 24.6 Å². The van der Waals surface area contributed by atoms with Crippen molar-refractivity contribution in [2.24, 2.45) is 0 Å². The molecule has 0 spiro atoms. The Morgan fingerprint density at radius 1 is 0.933 bits per heavy atom. The summed E-state index contributed by atoms with van der Waals surface area (Å²) in [7, 11) is 0. The largest absolute Gasteiger partial charge is 0.399 e. The minimum atomic E-state index is 0.698. The maximum Gasteiger partial charge on any atom is 0.0414 e. The van der Waals surface area contributed by atoms with Crippen LogP contribution in [0.3, 0.4) is 0 Å². The fourth-order valence-electron chi connectivity index (χ4n) is 1.66. The first-order valence-corrected chi connectivity index (χ1v) is 4.89. The van der Waals surface area contributed by atoms with E-state index in [1.165, 1.54) is 5.56 Å². The van der Waals surface area contributed by atoms with Crippen molar-refractivity contribution in [3.05, 3.63) is 48.0 Å². The minimum absolute atomic E-state index is 0.698. The SMILES string of the molecule is Cc1cccc(-c2ccc(N)cc2N)c1. The summed E-state index contributed by atoms with van der Waals surface area (Å²) in [5, 5.41) is 0. The second-order valence-electron chi connectivity index (χ2n) is 3.72. The fraction of sp³-hybridized carbons (Fsp3) is 0.0769. The summed E-state index contributed by atoms with van der Waals surface area (Å²) in [6.45, 7) is 2.07. The molecule has 0 heterocycles. The highest BCUT2D eigenvalue weighted by Crippen LogP contribution is 2.27. The fourth-order valence-corrected chi connectivity index (χ4v) is 1.66. The van der Waals surface area contributed by atoms with Gasteiger partial charge in [-0.15, -0.1) is 0 Å². The van der Waals surface area contributed by atoms with Gasteiger partial charge in [-0.25, -0.2) is 0 Å². The molecule has 0 atom stereocenters. The number of nitrogen functional groups attached to an aromatic ring is 2. The van der Waals surface area contributed by atoms with E-state index in [-0.39, 0.29) is 0 Å². The van der Waals surface area contributed by atoms with Crippen LogP contribution in [-0.2, 0) is 0 Å². The van der Waals surface area contributed by atoms with Gasteiger partial charge in [-0.1, -0.05) is 35.9 Å². The van der Waals surface area contributed by atoms with Crippen LogP contribution in [0.4, 0.5) is 11.4 Å². The third-order valence-electron chi connectivity index (χ3n) is 2.40. The smallest absolute Gasteiger partial charge is 0.0414 e. The van der Waals surface area contributed by atoms with Gasteiger partial charge in [-0.3, -0.25) is 0 Å². The molecule has 0 aromatic heterocycles. The molecule has 0 aliphatic carbocycles. The van der Waals surface area contributed by atoms with E-state index in [0.717, 1.165) is 16.8 Å². The predicted molar refractivity (Wildman–Crippen MR) is 65.4 cm³/mol. The van der Waals surface area contributed by atoms with Crippen LogP contribution in [0.1, 0.15) is 5.56 Å². The molecule has 0 fully saturated rings. The van der Waals surface area contributed by atoms with E-state index in [2.05, 4.69) is 25.1 Å². The molecular weight excluding hydrogens is 184 g/mol. The Morgan fingerprint density at radius 2 is 1.73 bits per heavy atom. The Labute approximate surface area is 89.5 Å². The number of rotatable bonds is 1. The van der Waals surface area contributed by atoms with Crippen LogP contribution < -0.4 is 11.5 Å². The van der Waals surface area contributed by atoms with Crippen LogP contribution >= 0.6 is 0 Å². The summed E-state index contributed by atoms with van der Waals surface area (Å²) in [6, 6.07) is 13.9. The van der Waals surface area contributed by atoms with Gasteiger partial charge in [0.25, 0.3) is 0 Å². The quantitative estimate of drug-likeness (QED) is 0.692. The molecule has 2 nitrogen and oxygen atoms in total. The standard InChI is InChI=1S/C13H14N2/c1-9-3-2-4-10(7-9)12-6-5-11(14)8-13(12)15/h2-8H,14-15H2,1H3. The van der Waals surface area contributed by atoms with E-state index in [1.54, 1.807) is 6.07 Å². The molecule has 0 aliphatic rings. The third-order valence-corrected chi connectivity index (χ3v) is 2.40. The lowest BCUT2D eigenvalue weighted by atomic mass is 10.0. The molecule has 0 saturated carbocycles. The van der Waals surface area contributed by atoms with Crippen LogP contribution in [0.2, 0.25) is 0 Å². The summed E-state index contributed by atoms with van der Waals surface area (Å²) >= 11 is 0. The van der Waals surface area contributed by atoms with Crippen molar-refractivity contribution in [3.8, 4) is 11.1 Å². The molecular formula is C13H14N2. The van der Waals surface area contributed by atoms with E-state index in [9.17, 15) is 0 Å². The second-order valence-corrected chi connectivity index (χ2v) is 3.72. The predicted octanol–water partition coefficient (Wildman–Crippen LogP) is 2.83. The van der Waals surface area contributed by atoms with Crippen molar-refractivity contribution >= 4 is 11.4 Å². The maximum atomic E-state index is 5.92. The minimum Gasteiger partial charge on any atom is -0.399 e. The second kappa shape index (κ2) is 3.65. The topological polar surface area (TPSA) is 52.0 Å². The van der Waals surface area contributed by atoms with Crippen molar-refractivity contribution < 1.29 is 0 Å². The first kappa shape index (κ1) is 9.59. The van der Waals surface area contributed by atoms with Gasteiger partial charge in [0.05, 0.1) is 0 Å². The summed E-state index contributed by atoms with van der Waals surface area (Å²) < 4.78 is 0. The van der Waals surface area contributed by atoms with Crippen LogP contribution in [0.5, 0.6) is 0 Å². The molecule has 0 radical (unpaired) electrons. The Bertz CT molecular complexity index is 490. The maximum absolute atomic E-state index is 5.92. The van der Waals surface area contributed by atoms with Gasteiger partial charge in [0.2, 0.25) is 0 Å². The van der Waals surface area contributed by atoms with E-state index in [4.69, 9.17) is 11.5 Å². The van der Waals surface area contributed by atoms with Gasteiger partial charge in [0.1, 0.15) is 0 Å². The molecule has 2 aromatic rings. The molecule has 0 bridgehead atoms. The van der Waals surface area contributed by atoms with Crippen molar-refractivity contribution in [2.75, 3.05) is 11.5 Å². The van der Waals surface area contributed by atoms with Gasteiger partial charge in [-0.2, -0.15) is 0 Å². The Morgan fingerprint density at radius 3 is 2.40 bits per heavy atom. The zero-order chi connectivity index (χ0) is 10.8. The average Bonchev–Trinajstić information content (AvgIpc) is 2.17. The zero-order valence-corrected chi connectivity index (χ0v) is 8.70. The number of hydrogen-bond acceptors (Lipinski definition) is 2. The summed E-state index contributed by atoms with van der Waals surface area (Å²) in [5.41, 5.74) is 16.4. The summed E-state index contributed by atoms with van der Waals surface area (Å²) in [6.07, 6.45) is 0. The molecule has 2 heteroatoms. The lowest BCUT2D eigenvalue weighted by Crippen LogP contribution is -1.93. The molecule has 76 valence electrons. The van der Waals surface area contributed by atoms with Crippen LogP contribution in [0.25, 0.3) is 11.1 Å². The average molecular weight is 198 g/mol. The number of nitrogens with two attached hydrogens (primary N) is 2. The van der Waals surface area contributed by atoms with Crippen LogP contribution in [0, 0.1) is 6.92 Å². The van der Waals surface area contributed by atoms with E-state index < -0.39 is 0 Å². The summed E-state index contributed by atoms with van der Waals surface area (Å²) in [4.78, 5) is 0. The van der Waals surface area contributed by atoms with Crippen LogP contribution in [0.15, 0.2) is 42.5 Å². The molecule has 0 unspecified atom stereocenters. The lowest BCUT2D eigenvalue weighted by molar-refractivity contribution is 1.47. The van der Waals surface area contributed by atoms with E-state index >= 15 is 0 Å². The zero-order valence-electron chi connectivity index (χ0n) is 8.70. The highest BCUT2D eigenvalue weighted by atomic mass is 14.6. The molecule has 4 N–H and O–H groups in total. The first-order valence-electron chi connectivity index (χ1n) is 4.89. The monoisotopic (exact) mass is 198 g/mol. The molecule has 0 saturated heterocycles. The van der Waals surface area contributed by atoms with Crippen molar-refractivity contribution in [3.63, 3.8) is 0 Å². The van der Waals surface area contributed by atoms with E-state index in [1.807, 2.05) is 18.2 Å². The normalized spacial score (nSPS) is 10.2. The third kappa shape index (κ3) is 1.94. The van der Waals surface area contributed by atoms with Crippen molar-refractivity contribution in [2.45, 2.75) is 6.92 Å². The number of anilines is 2.